The second kappa shape index (κ2) is 4.48. The predicted molar refractivity (Wildman–Crippen MR) is 66.0 cm³/mol. The van der Waals surface area contributed by atoms with Gasteiger partial charge in [-0.15, -0.1) is 0 Å². The third-order valence-electron chi connectivity index (χ3n) is 3.01. The van der Waals surface area contributed by atoms with Crippen LogP contribution in [0.2, 0.25) is 0 Å². The van der Waals surface area contributed by atoms with Crippen molar-refractivity contribution in [2.45, 2.75) is 38.8 Å². The Balaban J connectivity index is 1.97. The standard InChI is InChI=1S/C13H18N2O3/c1-13(2,3)15-8-9(7-11(15)16)14-12(17)10-5-4-6-18-10/h4-6,9H,7-8H2,1-3H3,(H,14,17). The summed E-state index contributed by atoms with van der Waals surface area (Å²) in [4.78, 5) is 25.4. The number of carbonyl (C=O) groups is 2. The molecule has 1 aromatic heterocycles. The van der Waals surface area contributed by atoms with Crippen molar-refractivity contribution in [1.82, 2.24) is 10.2 Å². The van der Waals surface area contributed by atoms with Gasteiger partial charge in [0.1, 0.15) is 0 Å². The van der Waals surface area contributed by atoms with E-state index >= 15 is 0 Å². The molecule has 1 fully saturated rings. The Labute approximate surface area is 106 Å². The first-order valence-electron chi connectivity index (χ1n) is 6.03. The van der Waals surface area contributed by atoms with Gasteiger partial charge >= 0.3 is 0 Å². The number of carbonyl (C=O) groups excluding carboxylic acids is 2. The van der Waals surface area contributed by atoms with Gasteiger partial charge in [-0.2, -0.15) is 0 Å². The first-order chi connectivity index (χ1) is 8.38. The summed E-state index contributed by atoms with van der Waals surface area (Å²) in [7, 11) is 0. The molecule has 1 atom stereocenters. The zero-order valence-electron chi connectivity index (χ0n) is 10.9. The van der Waals surface area contributed by atoms with Gasteiger partial charge in [-0.1, -0.05) is 0 Å². The summed E-state index contributed by atoms with van der Waals surface area (Å²) >= 11 is 0. The number of hydrogen-bond acceptors (Lipinski definition) is 3. The van der Waals surface area contributed by atoms with Gasteiger partial charge in [0.15, 0.2) is 5.76 Å². The molecule has 1 N–H and O–H groups in total. The Hall–Kier alpha value is -1.78. The molecule has 2 rings (SSSR count). The maximum absolute atomic E-state index is 11.9. The van der Waals surface area contributed by atoms with Crippen molar-refractivity contribution in [3.05, 3.63) is 24.2 Å². The molecule has 0 spiro atoms. The number of hydrogen-bond donors (Lipinski definition) is 1. The molecule has 1 aliphatic rings. The molecule has 1 aromatic rings. The van der Waals surface area contributed by atoms with Crippen molar-refractivity contribution < 1.29 is 14.0 Å². The van der Waals surface area contributed by atoms with Gasteiger partial charge in [-0.25, -0.2) is 0 Å². The van der Waals surface area contributed by atoms with Crippen molar-refractivity contribution in [3.8, 4) is 0 Å². The van der Waals surface area contributed by atoms with Crippen LogP contribution in [0.15, 0.2) is 22.8 Å². The lowest BCUT2D eigenvalue weighted by molar-refractivity contribution is -0.131. The molecule has 0 bridgehead atoms. The Morgan fingerprint density at radius 2 is 2.22 bits per heavy atom. The highest BCUT2D eigenvalue weighted by Gasteiger charge is 2.36. The van der Waals surface area contributed by atoms with Crippen LogP contribution in [-0.2, 0) is 4.79 Å². The van der Waals surface area contributed by atoms with Crippen LogP contribution in [0, 0.1) is 0 Å². The third-order valence-corrected chi connectivity index (χ3v) is 3.01. The summed E-state index contributed by atoms with van der Waals surface area (Å²) in [5, 5.41) is 2.82. The minimum Gasteiger partial charge on any atom is -0.459 e. The van der Waals surface area contributed by atoms with Gasteiger partial charge in [0, 0.05) is 18.5 Å². The molecular formula is C13H18N2O3. The largest absolute Gasteiger partial charge is 0.459 e. The van der Waals surface area contributed by atoms with E-state index in [4.69, 9.17) is 4.42 Å². The zero-order chi connectivity index (χ0) is 13.3. The topological polar surface area (TPSA) is 62.6 Å². The summed E-state index contributed by atoms with van der Waals surface area (Å²) in [6.45, 7) is 6.51. The molecule has 0 aliphatic carbocycles. The van der Waals surface area contributed by atoms with Crippen LogP contribution in [-0.4, -0.2) is 34.8 Å². The fourth-order valence-corrected chi connectivity index (χ4v) is 2.12. The maximum atomic E-state index is 11.9. The summed E-state index contributed by atoms with van der Waals surface area (Å²) in [6.07, 6.45) is 1.81. The Morgan fingerprint density at radius 3 is 2.72 bits per heavy atom. The molecule has 2 heterocycles. The fraction of sp³-hybridized carbons (Fsp3) is 0.538. The highest BCUT2D eigenvalue weighted by atomic mass is 16.3. The van der Waals surface area contributed by atoms with Crippen molar-refractivity contribution in [1.29, 1.82) is 0 Å². The lowest BCUT2D eigenvalue weighted by Gasteiger charge is -2.32. The summed E-state index contributed by atoms with van der Waals surface area (Å²) < 4.78 is 5.02. The second-order valence-corrected chi connectivity index (χ2v) is 5.53. The first-order valence-corrected chi connectivity index (χ1v) is 6.03. The van der Waals surface area contributed by atoms with E-state index < -0.39 is 0 Å². The zero-order valence-corrected chi connectivity index (χ0v) is 10.9. The second-order valence-electron chi connectivity index (χ2n) is 5.53. The molecule has 0 radical (unpaired) electrons. The van der Waals surface area contributed by atoms with Gasteiger partial charge in [-0.05, 0) is 32.9 Å². The molecule has 1 unspecified atom stereocenters. The van der Waals surface area contributed by atoms with Gasteiger partial charge in [0.2, 0.25) is 5.91 Å². The van der Waals surface area contributed by atoms with Gasteiger partial charge in [0.25, 0.3) is 5.91 Å². The van der Waals surface area contributed by atoms with E-state index in [1.54, 1.807) is 17.0 Å². The average molecular weight is 250 g/mol. The van der Waals surface area contributed by atoms with E-state index in [0.29, 0.717) is 13.0 Å². The first kappa shape index (κ1) is 12.7. The van der Waals surface area contributed by atoms with Crippen LogP contribution in [0.1, 0.15) is 37.7 Å². The van der Waals surface area contributed by atoms with Crippen LogP contribution in [0.3, 0.4) is 0 Å². The maximum Gasteiger partial charge on any atom is 0.287 e. The van der Waals surface area contributed by atoms with Gasteiger partial charge in [-0.3, -0.25) is 9.59 Å². The van der Waals surface area contributed by atoms with Crippen LogP contribution in [0.4, 0.5) is 0 Å². The lowest BCUT2D eigenvalue weighted by atomic mass is 10.1. The smallest absolute Gasteiger partial charge is 0.287 e. The molecule has 98 valence electrons. The molecule has 5 heteroatoms. The summed E-state index contributed by atoms with van der Waals surface area (Å²) in [6, 6.07) is 3.12. The molecular weight excluding hydrogens is 232 g/mol. The minimum atomic E-state index is -0.270. The van der Waals surface area contributed by atoms with Crippen LogP contribution in [0.25, 0.3) is 0 Å². The highest BCUT2D eigenvalue weighted by molar-refractivity contribution is 5.92. The average Bonchev–Trinajstić information content (AvgIpc) is 2.85. The Morgan fingerprint density at radius 1 is 1.50 bits per heavy atom. The molecule has 1 aliphatic heterocycles. The van der Waals surface area contributed by atoms with E-state index in [1.165, 1.54) is 6.26 Å². The van der Waals surface area contributed by atoms with Crippen LogP contribution < -0.4 is 5.32 Å². The molecule has 5 nitrogen and oxygen atoms in total. The Bertz CT molecular complexity index is 445. The SMILES string of the molecule is CC(C)(C)N1CC(NC(=O)c2ccco2)CC1=O. The van der Waals surface area contributed by atoms with Crippen molar-refractivity contribution in [2.75, 3.05) is 6.54 Å². The number of likely N-dealkylation sites (tertiary alicyclic amines) is 1. The number of furan rings is 1. The van der Waals surface area contributed by atoms with Crippen molar-refractivity contribution in [2.24, 2.45) is 0 Å². The molecule has 1 saturated heterocycles. The van der Waals surface area contributed by atoms with Crippen molar-refractivity contribution in [3.63, 3.8) is 0 Å². The number of rotatable bonds is 2. The lowest BCUT2D eigenvalue weighted by Crippen LogP contribution is -2.44. The highest BCUT2D eigenvalue weighted by Crippen LogP contribution is 2.22. The van der Waals surface area contributed by atoms with E-state index in [1.807, 2.05) is 20.8 Å². The molecule has 0 saturated carbocycles. The summed E-state index contributed by atoms with van der Waals surface area (Å²) in [5.41, 5.74) is -0.207. The third kappa shape index (κ3) is 2.55. The number of nitrogens with one attached hydrogen (secondary N) is 1. The number of nitrogens with zero attached hydrogens (tertiary/aromatic N) is 1. The van der Waals surface area contributed by atoms with Crippen molar-refractivity contribution >= 4 is 11.8 Å². The van der Waals surface area contributed by atoms with Gasteiger partial charge in [0.05, 0.1) is 12.3 Å². The fourth-order valence-electron chi connectivity index (χ4n) is 2.12. The minimum absolute atomic E-state index is 0.0762. The summed E-state index contributed by atoms with van der Waals surface area (Å²) in [5.74, 6) is 0.0810. The van der Waals surface area contributed by atoms with E-state index in [9.17, 15) is 9.59 Å². The molecule has 0 aromatic carbocycles. The number of amides is 2. The molecule has 18 heavy (non-hydrogen) atoms. The quantitative estimate of drug-likeness (QED) is 0.863. The van der Waals surface area contributed by atoms with E-state index in [0.717, 1.165) is 0 Å². The van der Waals surface area contributed by atoms with E-state index in [-0.39, 0.29) is 29.2 Å². The predicted octanol–water partition coefficient (Wildman–Crippen LogP) is 1.41. The van der Waals surface area contributed by atoms with Crippen LogP contribution in [0.5, 0.6) is 0 Å². The Kier molecular flexibility index (Phi) is 3.15. The normalized spacial score (nSPS) is 20.3. The molecule has 2 amide bonds. The van der Waals surface area contributed by atoms with E-state index in [2.05, 4.69) is 5.32 Å². The monoisotopic (exact) mass is 250 g/mol. The van der Waals surface area contributed by atoms with Gasteiger partial charge < -0.3 is 14.6 Å². The van der Waals surface area contributed by atoms with Crippen LogP contribution >= 0.6 is 0 Å².